The molecule has 7 nitrogen and oxygen atoms in total. The maximum Gasteiger partial charge on any atom is 0.312 e. The topological polar surface area (TPSA) is 88.4 Å². The van der Waals surface area contributed by atoms with Gasteiger partial charge in [0, 0.05) is 29.8 Å². The van der Waals surface area contributed by atoms with Crippen molar-refractivity contribution in [2.75, 3.05) is 18.5 Å². The summed E-state index contributed by atoms with van der Waals surface area (Å²) >= 11 is 3.13. The molecule has 1 aromatic heterocycles. The van der Waals surface area contributed by atoms with Crippen molar-refractivity contribution in [1.29, 1.82) is 0 Å². The summed E-state index contributed by atoms with van der Waals surface area (Å²) < 4.78 is 0.517. The zero-order chi connectivity index (χ0) is 14.6. The highest BCUT2D eigenvalue weighted by Crippen LogP contribution is 2.27. The molecule has 0 fully saturated rings. The van der Waals surface area contributed by atoms with Gasteiger partial charge in [0.15, 0.2) is 0 Å². The lowest BCUT2D eigenvalue weighted by Gasteiger charge is -2.18. The van der Waals surface area contributed by atoms with Crippen molar-refractivity contribution < 1.29 is 9.72 Å². The molecule has 1 N–H and O–H groups in total. The third-order valence-corrected chi connectivity index (χ3v) is 2.64. The molecule has 19 heavy (non-hydrogen) atoms. The Balaban J connectivity index is 2.90. The number of aromatic nitrogens is 1. The lowest BCUT2D eigenvalue weighted by Crippen LogP contribution is -2.39. The monoisotopic (exact) mass is 330 g/mol. The van der Waals surface area contributed by atoms with E-state index in [1.165, 1.54) is 17.2 Å². The predicted molar refractivity (Wildman–Crippen MR) is 75.1 cm³/mol. The normalized spacial score (nSPS) is 10.4. The number of nitrogens with zero attached hydrogens (tertiary/aromatic N) is 3. The van der Waals surface area contributed by atoms with Crippen molar-refractivity contribution in [3.8, 4) is 0 Å². The summed E-state index contributed by atoms with van der Waals surface area (Å²) in [5.74, 6) is -0.0522. The third kappa shape index (κ3) is 4.47. The molecule has 0 atom stereocenters. The summed E-state index contributed by atoms with van der Waals surface area (Å²) in [4.78, 5) is 27.5. The average Bonchev–Trinajstić information content (AvgIpc) is 2.27. The van der Waals surface area contributed by atoms with Crippen LogP contribution in [0.4, 0.5) is 11.5 Å². The standard InChI is InChI=1S/C11H15BrN4O3/c1-7(2)14-10(17)6-15(3)11-9(16(18)19)4-8(12)5-13-11/h4-5,7H,6H2,1-3H3,(H,14,17). The fraction of sp³-hybridized carbons (Fsp3) is 0.455. The first-order valence-corrected chi connectivity index (χ1v) is 6.41. The lowest BCUT2D eigenvalue weighted by atomic mass is 10.3. The zero-order valence-electron chi connectivity index (χ0n) is 10.9. The molecule has 0 aliphatic heterocycles. The second-order valence-corrected chi connectivity index (χ2v) is 5.25. The van der Waals surface area contributed by atoms with Crippen LogP contribution in [0.5, 0.6) is 0 Å². The molecule has 0 aliphatic rings. The van der Waals surface area contributed by atoms with E-state index in [9.17, 15) is 14.9 Å². The molecule has 0 saturated carbocycles. The van der Waals surface area contributed by atoms with Gasteiger partial charge in [0.2, 0.25) is 11.7 Å². The van der Waals surface area contributed by atoms with Gasteiger partial charge in [-0.05, 0) is 29.8 Å². The van der Waals surface area contributed by atoms with Gasteiger partial charge < -0.3 is 10.2 Å². The maximum absolute atomic E-state index is 11.6. The highest BCUT2D eigenvalue weighted by Gasteiger charge is 2.21. The van der Waals surface area contributed by atoms with Gasteiger partial charge in [-0.25, -0.2) is 4.98 Å². The Morgan fingerprint density at radius 1 is 1.63 bits per heavy atom. The molecule has 0 aromatic carbocycles. The maximum atomic E-state index is 11.6. The number of likely N-dealkylation sites (N-methyl/N-ethyl adjacent to an activating group) is 1. The molecule has 1 rings (SSSR count). The predicted octanol–water partition coefficient (Wildman–Crippen LogP) is 1.71. The number of halogens is 1. The number of carbonyl (C=O) groups excluding carboxylic acids is 1. The Bertz CT molecular complexity index is 493. The Kier molecular flexibility index (Phi) is 5.22. The van der Waals surface area contributed by atoms with E-state index in [0.717, 1.165) is 0 Å². The molecule has 1 amide bonds. The summed E-state index contributed by atoms with van der Waals surface area (Å²) in [7, 11) is 1.59. The van der Waals surface area contributed by atoms with E-state index in [4.69, 9.17) is 0 Å². The van der Waals surface area contributed by atoms with Gasteiger partial charge >= 0.3 is 5.69 Å². The molecule has 0 spiro atoms. The van der Waals surface area contributed by atoms with Gasteiger partial charge in [0.05, 0.1) is 11.5 Å². The molecule has 0 aliphatic carbocycles. The first kappa shape index (κ1) is 15.4. The van der Waals surface area contributed by atoms with Crippen molar-refractivity contribution in [3.05, 3.63) is 26.9 Å². The van der Waals surface area contributed by atoms with Gasteiger partial charge in [0.1, 0.15) is 0 Å². The average molecular weight is 331 g/mol. The molecule has 1 aromatic rings. The van der Waals surface area contributed by atoms with Crippen molar-refractivity contribution in [3.63, 3.8) is 0 Å². The fourth-order valence-electron chi connectivity index (χ4n) is 1.51. The van der Waals surface area contributed by atoms with Crippen LogP contribution < -0.4 is 10.2 Å². The second kappa shape index (κ2) is 6.46. The minimum atomic E-state index is -0.524. The Hall–Kier alpha value is -1.70. The molecule has 8 heteroatoms. The van der Waals surface area contributed by atoms with Gasteiger partial charge in [-0.3, -0.25) is 14.9 Å². The van der Waals surface area contributed by atoms with Crippen molar-refractivity contribution >= 4 is 33.3 Å². The molecule has 0 unspecified atom stereocenters. The van der Waals surface area contributed by atoms with Crippen LogP contribution in [-0.2, 0) is 4.79 Å². The SMILES string of the molecule is CC(C)NC(=O)CN(C)c1ncc(Br)cc1[N+](=O)[O-]. The number of nitro groups is 1. The molecule has 0 saturated heterocycles. The molecule has 1 heterocycles. The summed E-state index contributed by atoms with van der Waals surface area (Å²) in [6.45, 7) is 3.70. The summed E-state index contributed by atoms with van der Waals surface area (Å²) in [5, 5.41) is 13.7. The smallest absolute Gasteiger partial charge is 0.312 e. The van der Waals surface area contributed by atoms with Crippen molar-refractivity contribution in [1.82, 2.24) is 10.3 Å². The van der Waals surface area contributed by atoms with Gasteiger partial charge in [0.25, 0.3) is 0 Å². The highest BCUT2D eigenvalue weighted by molar-refractivity contribution is 9.10. The van der Waals surface area contributed by atoms with Gasteiger partial charge in [-0.1, -0.05) is 0 Å². The summed E-state index contributed by atoms with van der Waals surface area (Å²) in [5.41, 5.74) is -0.144. The number of carbonyl (C=O) groups is 1. The van der Waals surface area contributed by atoms with E-state index in [0.29, 0.717) is 4.47 Å². The summed E-state index contributed by atoms with van der Waals surface area (Å²) in [6.07, 6.45) is 1.46. The molecular formula is C11H15BrN4O3. The number of nitrogens with one attached hydrogen (secondary N) is 1. The molecule has 0 bridgehead atoms. The van der Waals surface area contributed by atoms with Crippen LogP contribution in [0.3, 0.4) is 0 Å². The van der Waals surface area contributed by atoms with E-state index in [1.54, 1.807) is 7.05 Å². The quantitative estimate of drug-likeness (QED) is 0.655. The first-order chi connectivity index (χ1) is 8.81. The van der Waals surface area contributed by atoms with Crippen molar-refractivity contribution in [2.45, 2.75) is 19.9 Å². The molecule has 104 valence electrons. The van der Waals surface area contributed by atoms with Crippen LogP contribution >= 0.6 is 15.9 Å². The second-order valence-electron chi connectivity index (χ2n) is 4.33. The zero-order valence-corrected chi connectivity index (χ0v) is 12.5. The Morgan fingerprint density at radius 3 is 2.79 bits per heavy atom. The Labute approximate surface area is 119 Å². The minimum absolute atomic E-state index is 0.00759. The van der Waals surface area contributed by atoms with Crippen LogP contribution in [0.15, 0.2) is 16.7 Å². The highest BCUT2D eigenvalue weighted by atomic mass is 79.9. The molecular weight excluding hydrogens is 316 g/mol. The lowest BCUT2D eigenvalue weighted by molar-refractivity contribution is -0.384. The van der Waals surface area contributed by atoms with Crippen LogP contribution in [0.25, 0.3) is 0 Å². The number of hydrogen-bond acceptors (Lipinski definition) is 5. The van der Waals surface area contributed by atoms with Crippen LogP contribution in [0.1, 0.15) is 13.8 Å². The number of anilines is 1. The van der Waals surface area contributed by atoms with Gasteiger partial charge in [-0.15, -0.1) is 0 Å². The van der Waals surface area contributed by atoms with Crippen LogP contribution in [0.2, 0.25) is 0 Å². The number of hydrogen-bond donors (Lipinski definition) is 1. The van der Waals surface area contributed by atoms with Crippen molar-refractivity contribution in [2.24, 2.45) is 0 Å². The van der Waals surface area contributed by atoms with E-state index in [1.807, 2.05) is 13.8 Å². The largest absolute Gasteiger partial charge is 0.352 e. The minimum Gasteiger partial charge on any atom is -0.352 e. The fourth-order valence-corrected chi connectivity index (χ4v) is 1.83. The van der Waals surface area contributed by atoms with E-state index in [-0.39, 0.29) is 30.0 Å². The van der Waals surface area contributed by atoms with Crippen LogP contribution in [0, 0.1) is 10.1 Å². The van der Waals surface area contributed by atoms with Gasteiger partial charge in [-0.2, -0.15) is 0 Å². The number of amides is 1. The summed E-state index contributed by atoms with van der Waals surface area (Å²) in [6, 6.07) is 1.38. The van der Waals surface area contributed by atoms with E-state index in [2.05, 4.69) is 26.2 Å². The van der Waals surface area contributed by atoms with E-state index >= 15 is 0 Å². The third-order valence-electron chi connectivity index (χ3n) is 2.20. The first-order valence-electron chi connectivity index (χ1n) is 5.61. The van der Waals surface area contributed by atoms with E-state index < -0.39 is 4.92 Å². The Morgan fingerprint density at radius 2 is 2.26 bits per heavy atom. The molecule has 0 radical (unpaired) electrons. The van der Waals surface area contributed by atoms with Crippen LogP contribution in [-0.4, -0.2) is 35.4 Å². The number of pyridine rings is 1. The number of rotatable bonds is 5.